The number of hydrogen-bond acceptors (Lipinski definition) is 6. The van der Waals surface area contributed by atoms with Gasteiger partial charge in [-0.3, -0.25) is 0 Å². The van der Waals surface area contributed by atoms with Crippen molar-refractivity contribution in [1.29, 1.82) is 0 Å². The monoisotopic (exact) mass is 305 g/mol. The van der Waals surface area contributed by atoms with Gasteiger partial charge in [-0.15, -0.1) is 0 Å². The number of nitrogens with zero attached hydrogens (tertiary/aromatic N) is 3. The molecule has 0 bridgehead atoms. The van der Waals surface area contributed by atoms with Crippen LogP contribution in [0.4, 0.5) is 11.8 Å². The van der Waals surface area contributed by atoms with Gasteiger partial charge in [0.1, 0.15) is 5.82 Å². The Labute approximate surface area is 132 Å². The lowest BCUT2D eigenvalue weighted by molar-refractivity contribution is 0.0645. The van der Waals surface area contributed by atoms with Gasteiger partial charge in [0.05, 0.1) is 5.69 Å². The summed E-state index contributed by atoms with van der Waals surface area (Å²) < 4.78 is 5.42. The number of ether oxygens (including phenoxy) is 1. The van der Waals surface area contributed by atoms with E-state index in [1.165, 1.54) is 19.3 Å². The molecule has 3 rings (SSSR count). The van der Waals surface area contributed by atoms with Crippen LogP contribution in [0, 0.1) is 5.92 Å². The molecule has 1 aliphatic carbocycles. The maximum Gasteiger partial charge on any atom is 0.222 e. The first-order valence-corrected chi connectivity index (χ1v) is 8.30. The van der Waals surface area contributed by atoms with Crippen LogP contribution in [0.25, 0.3) is 0 Å². The third-order valence-electron chi connectivity index (χ3n) is 4.95. The maximum atomic E-state index is 5.89. The Morgan fingerprint density at radius 2 is 2.00 bits per heavy atom. The normalized spacial score (nSPS) is 25.7. The lowest BCUT2D eigenvalue weighted by Crippen LogP contribution is -2.35. The quantitative estimate of drug-likeness (QED) is 0.857. The second kappa shape index (κ2) is 6.79. The van der Waals surface area contributed by atoms with Crippen LogP contribution in [0.5, 0.6) is 0 Å². The molecule has 0 radical (unpaired) electrons. The fraction of sp³-hybridized carbons (Fsp3) is 0.750. The molecular formula is C16H27N5O. The minimum absolute atomic E-state index is 0.316. The van der Waals surface area contributed by atoms with Crippen LogP contribution in [-0.2, 0) is 4.74 Å². The van der Waals surface area contributed by atoms with E-state index in [1.807, 2.05) is 0 Å². The summed E-state index contributed by atoms with van der Waals surface area (Å²) in [5, 5.41) is 0. The summed E-state index contributed by atoms with van der Waals surface area (Å²) in [6.07, 6.45) is 5.52. The first-order chi connectivity index (χ1) is 10.6. The first kappa shape index (κ1) is 15.5. The molecule has 1 aromatic rings. The van der Waals surface area contributed by atoms with E-state index < -0.39 is 0 Å². The Kier molecular flexibility index (Phi) is 4.78. The molecule has 0 unspecified atom stereocenters. The predicted octanol–water partition coefficient (Wildman–Crippen LogP) is 1.52. The topological polar surface area (TPSA) is 90.3 Å². The third-order valence-corrected chi connectivity index (χ3v) is 4.95. The number of anilines is 2. The van der Waals surface area contributed by atoms with Gasteiger partial charge in [0.25, 0.3) is 0 Å². The maximum absolute atomic E-state index is 5.89. The molecule has 1 saturated heterocycles. The molecule has 2 fully saturated rings. The van der Waals surface area contributed by atoms with E-state index in [4.69, 9.17) is 16.2 Å². The van der Waals surface area contributed by atoms with Gasteiger partial charge in [-0.2, -0.15) is 4.98 Å². The minimum Gasteiger partial charge on any atom is -0.381 e. The Hall–Kier alpha value is -1.40. The van der Waals surface area contributed by atoms with Gasteiger partial charge in [0.15, 0.2) is 0 Å². The van der Waals surface area contributed by atoms with E-state index in [0.29, 0.717) is 17.9 Å². The largest absolute Gasteiger partial charge is 0.381 e. The van der Waals surface area contributed by atoms with Crippen LogP contribution in [-0.4, -0.2) is 42.8 Å². The fourth-order valence-electron chi connectivity index (χ4n) is 3.31. The van der Waals surface area contributed by atoms with E-state index in [9.17, 15) is 0 Å². The van der Waals surface area contributed by atoms with Crippen molar-refractivity contribution in [3.05, 3.63) is 11.8 Å². The average molecular weight is 305 g/mol. The molecule has 0 spiro atoms. The predicted molar refractivity (Wildman–Crippen MR) is 87.8 cm³/mol. The van der Waals surface area contributed by atoms with Gasteiger partial charge in [0, 0.05) is 44.8 Å². The van der Waals surface area contributed by atoms with Crippen LogP contribution >= 0.6 is 0 Å². The van der Waals surface area contributed by atoms with E-state index in [0.717, 1.165) is 50.0 Å². The van der Waals surface area contributed by atoms with Crippen LogP contribution in [0.1, 0.15) is 43.7 Å². The smallest absolute Gasteiger partial charge is 0.222 e. The van der Waals surface area contributed by atoms with Crippen LogP contribution < -0.4 is 16.4 Å². The second-order valence-corrected chi connectivity index (χ2v) is 6.70. The van der Waals surface area contributed by atoms with Gasteiger partial charge in [-0.05, 0) is 38.0 Å². The molecule has 0 amide bonds. The molecule has 1 aromatic heterocycles. The SMILES string of the molecule is CN(CCC1CCOCC1)c1cc(C2CC(N)C2)nc(N)n1. The Balaban J connectivity index is 1.60. The van der Waals surface area contributed by atoms with Crippen molar-refractivity contribution in [2.75, 3.05) is 37.4 Å². The van der Waals surface area contributed by atoms with E-state index in [1.54, 1.807) is 0 Å². The van der Waals surface area contributed by atoms with Gasteiger partial charge in [-0.1, -0.05) is 0 Å². The molecule has 6 heteroatoms. The van der Waals surface area contributed by atoms with Crippen molar-refractivity contribution < 1.29 is 4.74 Å². The van der Waals surface area contributed by atoms with Crippen LogP contribution in [0.3, 0.4) is 0 Å². The molecule has 1 aliphatic heterocycles. The number of rotatable bonds is 5. The molecule has 22 heavy (non-hydrogen) atoms. The Morgan fingerprint density at radius 1 is 1.27 bits per heavy atom. The molecule has 6 nitrogen and oxygen atoms in total. The highest BCUT2D eigenvalue weighted by Crippen LogP contribution is 2.35. The standard InChI is InChI=1S/C16H27N5O/c1-21(5-2-11-3-6-22-7-4-11)15-10-14(19-16(18)20-15)12-8-13(17)9-12/h10-13H,2-9,17H2,1H3,(H2,18,19,20). The highest BCUT2D eigenvalue weighted by atomic mass is 16.5. The summed E-state index contributed by atoms with van der Waals surface area (Å²) in [5.41, 5.74) is 12.8. The molecule has 0 atom stereocenters. The number of hydrogen-bond donors (Lipinski definition) is 2. The lowest BCUT2D eigenvalue weighted by atomic mass is 9.78. The van der Waals surface area contributed by atoms with Crippen LogP contribution in [0.15, 0.2) is 6.07 Å². The highest BCUT2D eigenvalue weighted by Gasteiger charge is 2.29. The second-order valence-electron chi connectivity index (χ2n) is 6.70. The lowest BCUT2D eigenvalue weighted by Gasteiger charge is -2.32. The molecule has 4 N–H and O–H groups in total. The van der Waals surface area contributed by atoms with E-state index in [-0.39, 0.29) is 0 Å². The number of nitrogens with two attached hydrogens (primary N) is 2. The molecule has 122 valence electrons. The molecule has 1 saturated carbocycles. The molecule has 2 aliphatic rings. The summed E-state index contributed by atoms with van der Waals surface area (Å²) in [6, 6.07) is 2.40. The van der Waals surface area contributed by atoms with Crippen molar-refractivity contribution in [2.24, 2.45) is 11.7 Å². The zero-order valence-corrected chi connectivity index (χ0v) is 13.4. The third kappa shape index (κ3) is 3.67. The zero-order valence-electron chi connectivity index (χ0n) is 13.4. The Bertz CT molecular complexity index is 497. The van der Waals surface area contributed by atoms with Crippen molar-refractivity contribution in [3.8, 4) is 0 Å². The van der Waals surface area contributed by atoms with Gasteiger partial charge >= 0.3 is 0 Å². The molecule has 0 aromatic carbocycles. The van der Waals surface area contributed by atoms with Crippen LogP contribution in [0.2, 0.25) is 0 Å². The summed E-state index contributed by atoms with van der Waals surface area (Å²) in [5.74, 6) is 2.50. The fourth-order valence-corrected chi connectivity index (χ4v) is 3.31. The summed E-state index contributed by atoms with van der Waals surface area (Å²) in [6.45, 7) is 2.80. The molecule has 2 heterocycles. The van der Waals surface area contributed by atoms with Crippen molar-refractivity contribution in [1.82, 2.24) is 9.97 Å². The van der Waals surface area contributed by atoms with Gasteiger partial charge < -0.3 is 21.1 Å². The Morgan fingerprint density at radius 3 is 2.68 bits per heavy atom. The van der Waals surface area contributed by atoms with E-state index >= 15 is 0 Å². The summed E-state index contributed by atoms with van der Waals surface area (Å²) in [4.78, 5) is 11.0. The number of aromatic nitrogens is 2. The summed E-state index contributed by atoms with van der Waals surface area (Å²) in [7, 11) is 2.08. The van der Waals surface area contributed by atoms with Crippen molar-refractivity contribution in [3.63, 3.8) is 0 Å². The number of nitrogen functional groups attached to an aromatic ring is 1. The minimum atomic E-state index is 0.316. The van der Waals surface area contributed by atoms with Gasteiger partial charge in [0.2, 0.25) is 5.95 Å². The van der Waals surface area contributed by atoms with Crippen molar-refractivity contribution >= 4 is 11.8 Å². The summed E-state index contributed by atoms with van der Waals surface area (Å²) >= 11 is 0. The first-order valence-electron chi connectivity index (χ1n) is 8.30. The van der Waals surface area contributed by atoms with Gasteiger partial charge in [-0.25, -0.2) is 4.98 Å². The zero-order chi connectivity index (χ0) is 15.5. The van der Waals surface area contributed by atoms with Crippen molar-refractivity contribution in [2.45, 2.75) is 44.1 Å². The molecular weight excluding hydrogens is 278 g/mol. The average Bonchev–Trinajstić information content (AvgIpc) is 2.50. The highest BCUT2D eigenvalue weighted by molar-refractivity contribution is 5.44. The van der Waals surface area contributed by atoms with E-state index in [2.05, 4.69) is 28.0 Å².